The fraction of sp³-hybridized carbons (Fsp3) is 0.533. The molecule has 2 rings (SSSR count). The number of nitrogens with one attached hydrogen (secondary N) is 1. The third kappa shape index (κ3) is 2.89. The van der Waals surface area contributed by atoms with Crippen molar-refractivity contribution in [2.45, 2.75) is 32.4 Å². The number of anilines is 1. The first kappa shape index (κ1) is 13.9. The maximum Gasteiger partial charge on any atom is 0.179 e. The fourth-order valence-electron chi connectivity index (χ4n) is 2.03. The number of Topliss-reactive ketones (excluding diaryl/α,β-unsaturated/α-hetero) is 1. The molecule has 1 aromatic rings. The molecule has 0 aliphatic carbocycles. The van der Waals surface area contributed by atoms with Gasteiger partial charge < -0.3 is 10.1 Å². The summed E-state index contributed by atoms with van der Waals surface area (Å²) in [5.74, 6) is 0.935. The number of rotatable bonds is 3. The highest BCUT2D eigenvalue weighted by Gasteiger charge is 2.27. The van der Waals surface area contributed by atoms with Gasteiger partial charge in [-0.15, -0.1) is 0 Å². The van der Waals surface area contributed by atoms with E-state index in [1.807, 2.05) is 58.0 Å². The molecule has 104 valence electrons. The zero-order chi connectivity index (χ0) is 14.2. The summed E-state index contributed by atoms with van der Waals surface area (Å²) in [7, 11) is 3.82. The minimum absolute atomic E-state index is 0.124. The van der Waals surface area contributed by atoms with Crippen molar-refractivity contribution in [1.29, 1.82) is 0 Å². The second-order valence-electron chi connectivity index (χ2n) is 5.93. The first-order chi connectivity index (χ1) is 8.80. The van der Waals surface area contributed by atoms with Crippen LogP contribution in [0.1, 0.15) is 31.1 Å². The van der Waals surface area contributed by atoms with Crippen LogP contribution in [0.3, 0.4) is 0 Å². The van der Waals surface area contributed by atoms with Gasteiger partial charge in [0.2, 0.25) is 0 Å². The van der Waals surface area contributed by atoms with Crippen molar-refractivity contribution in [3.63, 3.8) is 0 Å². The molecule has 0 saturated heterocycles. The van der Waals surface area contributed by atoms with Crippen molar-refractivity contribution in [2.75, 3.05) is 26.0 Å². The molecule has 1 unspecified atom stereocenters. The number of benzene rings is 1. The zero-order valence-corrected chi connectivity index (χ0v) is 12.3. The highest BCUT2D eigenvalue weighted by Crippen LogP contribution is 2.33. The Labute approximate surface area is 114 Å². The summed E-state index contributed by atoms with van der Waals surface area (Å²) >= 11 is 0. The Morgan fingerprint density at radius 2 is 2.11 bits per heavy atom. The van der Waals surface area contributed by atoms with E-state index in [1.165, 1.54) is 0 Å². The lowest BCUT2D eigenvalue weighted by atomic mass is 10.0. The van der Waals surface area contributed by atoms with Crippen molar-refractivity contribution < 1.29 is 9.53 Å². The lowest BCUT2D eigenvalue weighted by molar-refractivity contribution is 0.0890. The van der Waals surface area contributed by atoms with E-state index in [9.17, 15) is 4.79 Å². The van der Waals surface area contributed by atoms with Crippen LogP contribution in [0.15, 0.2) is 18.2 Å². The SMILES string of the molecule is CC(C(=O)c1ccc2c(c1)NCC(C)(C)O2)N(C)C. The molecule has 0 saturated carbocycles. The number of carbonyl (C=O) groups excluding carboxylic acids is 1. The highest BCUT2D eigenvalue weighted by molar-refractivity contribution is 6.00. The van der Waals surface area contributed by atoms with E-state index in [0.717, 1.165) is 23.5 Å². The number of likely N-dealkylation sites (N-methyl/N-ethyl adjacent to an activating group) is 1. The van der Waals surface area contributed by atoms with Crippen LogP contribution in [0, 0.1) is 0 Å². The molecule has 1 aliphatic rings. The first-order valence-electron chi connectivity index (χ1n) is 6.58. The number of ketones is 1. The van der Waals surface area contributed by atoms with Crippen molar-refractivity contribution in [1.82, 2.24) is 4.90 Å². The fourth-order valence-corrected chi connectivity index (χ4v) is 2.03. The van der Waals surface area contributed by atoms with Gasteiger partial charge in [0.05, 0.1) is 18.3 Å². The molecule has 1 N–H and O–H groups in total. The van der Waals surface area contributed by atoms with Crippen LogP contribution >= 0.6 is 0 Å². The van der Waals surface area contributed by atoms with Gasteiger partial charge in [-0.05, 0) is 53.1 Å². The van der Waals surface area contributed by atoms with E-state index in [-0.39, 0.29) is 17.4 Å². The standard InChI is InChI=1S/C15H22N2O2/c1-10(17(4)5)14(18)11-6-7-13-12(8-11)16-9-15(2,3)19-13/h6-8,10,16H,9H2,1-5H3. The molecule has 0 bridgehead atoms. The van der Waals surface area contributed by atoms with Crippen LogP contribution < -0.4 is 10.1 Å². The maximum absolute atomic E-state index is 12.3. The van der Waals surface area contributed by atoms with Crippen LogP contribution in [0.2, 0.25) is 0 Å². The van der Waals surface area contributed by atoms with Crippen LogP contribution in [-0.2, 0) is 0 Å². The number of nitrogens with zero attached hydrogens (tertiary/aromatic N) is 1. The van der Waals surface area contributed by atoms with Crippen LogP contribution in [0.4, 0.5) is 5.69 Å². The minimum atomic E-state index is -0.213. The molecule has 0 amide bonds. The Kier molecular flexibility index (Phi) is 3.54. The molecule has 0 spiro atoms. The molecular weight excluding hydrogens is 240 g/mol. The summed E-state index contributed by atoms with van der Waals surface area (Å²) in [4.78, 5) is 14.2. The molecule has 0 radical (unpaired) electrons. The summed E-state index contributed by atoms with van der Waals surface area (Å²) in [5, 5.41) is 3.33. The van der Waals surface area contributed by atoms with Gasteiger partial charge >= 0.3 is 0 Å². The summed E-state index contributed by atoms with van der Waals surface area (Å²) < 4.78 is 5.88. The Morgan fingerprint density at radius 3 is 2.74 bits per heavy atom. The van der Waals surface area contributed by atoms with Crippen molar-refractivity contribution >= 4 is 11.5 Å². The van der Waals surface area contributed by atoms with E-state index in [4.69, 9.17) is 4.74 Å². The predicted octanol–water partition coefficient (Wildman–Crippen LogP) is 2.40. The monoisotopic (exact) mass is 262 g/mol. The third-order valence-electron chi connectivity index (χ3n) is 3.51. The van der Waals surface area contributed by atoms with E-state index in [2.05, 4.69) is 5.32 Å². The Hall–Kier alpha value is -1.55. The second kappa shape index (κ2) is 4.85. The van der Waals surface area contributed by atoms with E-state index >= 15 is 0 Å². The van der Waals surface area contributed by atoms with Crippen LogP contribution in [0.5, 0.6) is 5.75 Å². The van der Waals surface area contributed by atoms with Crippen LogP contribution in [-0.4, -0.2) is 43.0 Å². The minimum Gasteiger partial charge on any atom is -0.484 e. The van der Waals surface area contributed by atoms with Crippen molar-refractivity contribution in [3.05, 3.63) is 23.8 Å². The Bertz CT molecular complexity index is 495. The number of hydrogen-bond acceptors (Lipinski definition) is 4. The molecule has 1 aliphatic heterocycles. The largest absolute Gasteiger partial charge is 0.484 e. The van der Waals surface area contributed by atoms with Gasteiger partial charge in [0.1, 0.15) is 11.4 Å². The van der Waals surface area contributed by atoms with Gasteiger partial charge in [-0.1, -0.05) is 0 Å². The van der Waals surface area contributed by atoms with Gasteiger partial charge in [0, 0.05) is 5.56 Å². The normalized spacial score (nSPS) is 18.2. The lowest BCUT2D eigenvalue weighted by Gasteiger charge is -2.33. The van der Waals surface area contributed by atoms with E-state index < -0.39 is 0 Å². The predicted molar refractivity (Wildman–Crippen MR) is 77.1 cm³/mol. The number of ether oxygens (including phenoxy) is 1. The number of hydrogen-bond donors (Lipinski definition) is 1. The second-order valence-corrected chi connectivity index (χ2v) is 5.93. The van der Waals surface area contributed by atoms with Gasteiger partial charge in [-0.25, -0.2) is 0 Å². The number of carbonyl (C=O) groups is 1. The van der Waals surface area contributed by atoms with Gasteiger partial charge in [0.15, 0.2) is 5.78 Å². The summed E-state index contributed by atoms with van der Waals surface area (Å²) in [6.45, 7) is 6.72. The molecule has 1 aromatic carbocycles. The first-order valence-corrected chi connectivity index (χ1v) is 6.58. The average Bonchev–Trinajstić information content (AvgIpc) is 2.35. The summed E-state index contributed by atoms with van der Waals surface area (Å²) in [6, 6.07) is 5.47. The molecule has 1 atom stereocenters. The molecule has 4 heteroatoms. The summed E-state index contributed by atoms with van der Waals surface area (Å²) in [6.07, 6.45) is 0. The lowest BCUT2D eigenvalue weighted by Crippen LogP contribution is -2.40. The molecule has 0 fully saturated rings. The van der Waals surface area contributed by atoms with Crippen molar-refractivity contribution in [3.8, 4) is 5.75 Å². The van der Waals surface area contributed by atoms with Gasteiger partial charge in [-0.3, -0.25) is 9.69 Å². The Morgan fingerprint density at radius 1 is 1.42 bits per heavy atom. The molecule has 1 heterocycles. The molecule has 4 nitrogen and oxygen atoms in total. The average molecular weight is 262 g/mol. The van der Waals surface area contributed by atoms with Gasteiger partial charge in [0.25, 0.3) is 0 Å². The highest BCUT2D eigenvalue weighted by atomic mass is 16.5. The van der Waals surface area contributed by atoms with E-state index in [0.29, 0.717) is 0 Å². The third-order valence-corrected chi connectivity index (χ3v) is 3.51. The van der Waals surface area contributed by atoms with E-state index in [1.54, 1.807) is 0 Å². The molecule has 0 aromatic heterocycles. The summed E-state index contributed by atoms with van der Waals surface area (Å²) in [5.41, 5.74) is 1.40. The molecular formula is C15H22N2O2. The Balaban J connectivity index is 2.25. The number of fused-ring (bicyclic) bond motifs is 1. The smallest absolute Gasteiger partial charge is 0.179 e. The van der Waals surface area contributed by atoms with Crippen molar-refractivity contribution in [2.24, 2.45) is 0 Å². The van der Waals surface area contributed by atoms with Crippen LogP contribution in [0.25, 0.3) is 0 Å². The molecule has 19 heavy (non-hydrogen) atoms. The topological polar surface area (TPSA) is 41.6 Å². The quantitative estimate of drug-likeness (QED) is 0.849. The van der Waals surface area contributed by atoms with Gasteiger partial charge in [-0.2, -0.15) is 0 Å². The maximum atomic E-state index is 12.3. The zero-order valence-electron chi connectivity index (χ0n) is 12.3.